The number of nitrogens with one attached hydrogen (secondary N) is 2. The zero-order valence-electron chi connectivity index (χ0n) is 13.4. The van der Waals surface area contributed by atoms with Gasteiger partial charge < -0.3 is 10.1 Å². The number of ether oxygens (including phenoxy) is 1. The summed E-state index contributed by atoms with van der Waals surface area (Å²) in [5, 5.41) is 2.69. The van der Waals surface area contributed by atoms with Crippen molar-refractivity contribution in [1.29, 1.82) is 0 Å². The zero-order chi connectivity index (χ0) is 17.6. The van der Waals surface area contributed by atoms with E-state index >= 15 is 0 Å². The molecule has 7 nitrogen and oxygen atoms in total. The van der Waals surface area contributed by atoms with Crippen molar-refractivity contribution in [3.63, 3.8) is 0 Å². The van der Waals surface area contributed by atoms with Crippen LogP contribution in [-0.4, -0.2) is 33.0 Å². The lowest BCUT2D eigenvalue weighted by atomic mass is 10.2. The maximum Gasteiger partial charge on any atom is 0.244 e. The molecule has 1 amide bonds. The summed E-state index contributed by atoms with van der Waals surface area (Å²) in [4.78, 5) is 16.1. The lowest BCUT2D eigenvalue weighted by Crippen LogP contribution is -2.38. The van der Waals surface area contributed by atoms with Gasteiger partial charge in [0.05, 0.1) is 25.4 Å². The Morgan fingerprint density at radius 2 is 1.92 bits per heavy atom. The van der Waals surface area contributed by atoms with E-state index in [9.17, 15) is 13.2 Å². The van der Waals surface area contributed by atoms with Crippen LogP contribution >= 0.6 is 0 Å². The van der Waals surface area contributed by atoms with Crippen LogP contribution in [0.2, 0.25) is 0 Å². The van der Waals surface area contributed by atoms with Gasteiger partial charge in [-0.05, 0) is 31.2 Å². The number of benzene rings is 1. The predicted molar refractivity (Wildman–Crippen MR) is 89.0 cm³/mol. The first-order valence-electron chi connectivity index (χ1n) is 7.27. The molecular weight excluding hydrogens is 330 g/mol. The minimum Gasteiger partial charge on any atom is -0.495 e. The molecule has 128 valence electrons. The van der Waals surface area contributed by atoms with Crippen molar-refractivity contribution in [2.24, 2.45) is 0 Å². The number of carbonyl (C=O) groups excluding carboxylic acids is 1. The van der Waals surface area contributed by atoms with Crippen LogP contribution in [0.1, 0.15) is 18.7 Å². The molecule has 1 aromatic heterocycles. The third kappa shape index (κ3) is 4.53. The fourth-order valence-corrected chi connectivity index (χ4v) is 3.23. The lowest BCUT2D eigenvalue weighted by Gasteiger charge is -2.14. The van der Waals surface area contributed by atoms with E-state index < -0.39 is 15.9 Å². The van der Waals surface area contributed by atoms with Gasteiger partial charge in [0.2, 0.25) is 15.9 Å². The fourth-order valence-electron chi connectivity index (χ4n) is 2.08. The number of hydrogen-bond donors (Lipinski definition) is 2. The number of amides is 1. The quantitative estimate of drug-likeness (QED) is 0.784. The normalized spacial score (nSPS) is 12.4. The molecule has 0 aliphatic carbocycles. The molecule has 0 spiro atoms. The molecule has 2 aromatic rings. The summed E-state index contributed by atoms with van der Waals surface area (Å²) < 4.78 is 31.9. The van der Waals surface area contributed by atoms with Crippen LogP contribution in [0.5, 0.6) is 5.75 Å². The molecule has 0 aliphatic heterocycles. The van der Waals surface area contributed by atoms with Crippen molar-refractivity contribution >= 4 is 15.9 Å². The number of methoxy groups -OCH3 is 1. The Bertz CT molecular complexity index is 794. The number of hydrogen-bond acceptors (Lipinski definition) is 5. The molecule has 1 heterocycles. The van der Waals surface area contributed by atoms with Crippen molar-refractivity contribution in [2.75, 3.05) is 13.7 Å². The van der Waals surface area contributed by atoms with Gasteiger partial charge in [-0.2, -0.15) is 0 Å². The lowest BCUT2D eigenvalue weighted by molar-refractivity contribution is -0.120. The van der Waals surface area contributed by atoms with Gasteiger partial charge in [-0.25, -0.2) is 13.1 Å². The summed E-state index contributed by atoms with van der Waals surface area (Å²) in [6, 6.07) is 11.3. The Kier molecular flexibility index (Phi) is 5.88. The third-order valence-corrected chi connectivity index (χ3v) is 4.73. The largest absolute Gasteiger partial charge is 0.495 e. The summed E-state index contributed by atoms with van der Waals surface area (Å²) in [5.41, 5.74) is 0.693. The van der Waals surface area contributed by atoms with Crippen molar-refractivity contribution < 1.29 is 17.9 Å². The molecule has 2 N–H and O–H groups in total. The monoisotopic (exact) mass is 349 g/mol. The van der Waals surface area contributed by atoms with E-state index in [0.717, 1.165) is 0 Å². The number of aromatic nitrogens is 1. The van der Waals surface area contributed by atoms with Gasteiger partial charge >= 0.3 is 0 Å². The number of carbonyl (C=O) groups is 1. The van der Waals surface area contributed by atoms with Crippen LogP contribution in [0.15, 0.2) is 53.6 Å². The number of sulfonamides is 1. The van der Waals surface area contributed by atoms with Gasteiger partial charge in [-0.1, -0.05) is 18.2 Å². The molecule has 8 heteroatoms. The van der Waals surface area contributed by atoms with Crippen LogP contribution in [0.25, 0.3) is 0 Å². The SMILES string of the molecule is COc1ccccc1S(=O)(=O)NCC(=O)NC(C)c1ccccn1. The maximum atomic E-state index is 12.3. The summed E-state index contributed by atoms with van der Waals surface area (Å²) in [7, 11) is -2.47. The topological polar surface area (TPSA) is 97.4 Å². The summed E-state index contributed by atoms with van der Waals surface area (Å²) in [6.45, 7) is 1.40. The van der Waals surface area contributed by atoms with Gasteiger partial charge in [-0.15, -0.1) is 0 Å². The first-order valence-corrected chi connectivity index (χ1v) is 8.75. The van der Waals surface area contributed by atoms with Crippen LogP contribution in [0.3, 0.4) is 0 Å². The molecule has 0 bridgehead atoms. The molecule has 0 saturated carbocycles. The van der Waals surface area contributed by atoms with Crippen molar-refractivity contribution in [1.82, 2.24) is 15.0 Å². The summed E-state index contributed by atoms with van der Waals surface area (Å²) >= 11 is 0. The van der Waals surface area contributed by atoms with Crippen LogP contribution in [0.4, 0.5) is 0 Å². The van der Waals surface area contributed by atoms with E-state index in [2.05, 4.69) is 15.0 Å². The molecule has 2 rings (SSSR count). The molecule has 0 aliphatic rings. The highest BCUT2D eigenvalue weighted by Gasteiger charge is 2.20. The first kappa shape index (κ1) is 17.9. The second kappa shape index (κ2) is 7.89. The van der Waals surface area contributed by atoms with Gasteiger partial charge in [0.1, 0.15) is 10.6 Å². The number of rotatable bonds is 7. The van der Waals surface area contributed by atoms with E-state index in [0.29, 0.717) is 5.69 Å². The summed E-state index contributed by atoms with van der Waals surface area (Å²) in [6.07, 6.45) is 1.63. The van der Waals surface area contributed by atoms with Crippen molar-refractivity contribution in [3.05, 3.63) is 54.4 Å². The molecule has 1 unspecified atom stereocenters. The third-order valence-electron chi connectivity index (χ3n) is 3.29. The molecule has 0 radical (unpaired) electrons. The molecule has 24 heavy (non-hydrogen) atoms. The van der Waals surface area contributed by atoms with E-state index in [1.807, 2.05) is 6.07 Å². The Hall–Kier alpha value is -2.45. The van der Waals surface area contributed by atoms with Gasteiger partial charge in [0.25, 0.3) is 0 Å². The van der Waals surface area contributed by atoms with Crippen molar-refractivity contribution in [2.45, 2.75) is 17.9 Å². The van der Waals surface area contributed by atoms with Crippen LogP contribution in [0, 0.1) is 0 Å². The van der Waals surface area contributed by atoms with E-state index in [1.54, 1.807) is 37.4 Å². The molecule has 1 aromatic carbocycles. The average molecular weight is 349 g/mol. The minimum atomic E-state index is -3.85. The van der Waals surface area contributed by atoms with Crippen molar-refractivity contribution in [3.8, 4) is 5.75 Å². The average Bonchev–Trinajstić information content (AvgIpc) is 2.60. The van der Waals surface area contributed by atoms with Crippen LogP contribution < -0.4 is 14.8 Å². The fraction of sp³-hybridized carbons (Fsp3) is 0.250. The second-order valence-corrected chi connectivity index (χ2v) is 6.75. The Morgan fingerprint density at radius 1 is 1.21 bits per heavy atom. The zero-order valence-corrected chi connectivity index (χ0v) is 14.2. The van der Waals surface area contributed by atoms with Gasteiger partial charge in [0, 0.05) is 6.20 Å². The second-order valence-electron chi connectivity index (χ2n) is 5.02. The van der Waals surface area contributed by atoms with Gasteiger partial charge in [0.15, 0.2) is 0 Å². The Morgan fingerprint density at radius 3 is 2.58 bits per heavy atom. The van der Waals surface area contributed by atoms with Crippen LogP contribution in [-0.2, 0) is 14.8 Å². The smallest absolute Gasteiger partial charge is 0.244 e. The number of nitrogens with zero attached hydrogens (tertiary/aromatic N) is 1. The summed E-state index contributed by atoms with van der Waals surface area (Å²) in [5.74, 6) is -0.237. The van der Waals surface area contributed by atoms with Gasteiger partial charge in [-0.3, -0.25) is 9.78 Å². The van der Waals surface area contributed by atoms with E-state index in [1.165, 1.54) is 19.2 Å². The minimum absolute atomic E-state index is 0.0157. The van der Waals surface area contributed by atoms with E-state index in [-0.39, 0.29) is 23.2 Å². The Labute approximate surface area is 141 Å². The predicted octanol–water partition coefficient (Wildman–Crippen LogP) is 1.25. The first-order chi connectivity index (χ1) is 11.4. The van der Waals surface area contributed by atoms with E-state index in [4.69, 9.17) is 4.74 Å². The standard InChI is InChI=1S/C16H19N3O4S/c1-12(13-7-5-6-10-17-13)19-16(20)11-18-24(21,22)15-9-4-3-8-14(15)23-2/h3-10,12,18H,11H2,1-2H3,(H,19,20). The molecular formula is C16H19N3O4S. The number of para-hydroxylation sites is 1. The maximum absolute atomic E-state index is 12.3. The highest BCUT2D eigenvalue weighted by molar-refractivity contribution is 7.89. The Balaban J connectivity index is 1.98. The molecule has 0 saturated heterocycles. The highest BCUT2D eigenvalue weighted by Crippen LogP contribution is 2.22. The number of pyridine rings is 1. The highest BCUT2D eigenvalue weighted by atomic mass is 32.2. The molecule has 0 fully saturated rings. The molecule has 1 atom stereocenters.